The molecular weight excluding hydrogens is 948 g/mol. The Hall–Kier alpha value is -6.93. The highest BCUT2D eigenvalue weighted by molar-refractivity contribution is 7.09. The van der Waals surface area contributed by atoms with E-state index in [0.717, 1.165) is 62.3 Å². The number of benzene rings is 3. The summed E-state index contributed by atoms with van der Waals surface area (Å²) in [6.45, 7) is 3.43. The normalized spacial score (nSPS) is 21.1. The van der Waals surface area contributed by atoms with Crippen LogP contribution in [0.4, 0.5) is 29.5 Å². The van der Waals surface area contributed by atoms with E-state index in [1.807, 2.05) is 39.1 Å². The first-order valence-corrected chi connectivity index (χ1v) is 25.5. The SMILES string of the molecule is Cn1nc(N2CCC(=O)NC2=O)c2ccc([C@H]3CCN(CC(=O)N4CCC5(CC4)CN(c4ccc(-c6cc(F)c7c(c6)C(=O)N(C(C(=O)Cc6nccs6)c6ncn8c6CCC8)C7)cc4)C5)CC3(F)F)cc21. The standard InChI is InChI=1S/C52H52F3N11O5S/c1-60-41-23-32(6-9-35(41)48(59-60)65-17-11-43(68)58-50(65)71)38-10-16-61(29-52(38,54)55)26-45(69)62-18-12-51(13-19-62)27-64(28-51)34-7-4-31(5-8-34)33-21-36-37(39(53)22-33)25-66(49(36)70)47(42(67)24-44-56-14-20-72-44)46-40-3-2-15-63(40)30-57-46/h4-9,14,20-23,30,38,47H,2-3,10-13,15-19,24-29H2,1H3,(H,58,68,71)/t38-,47?/m1/s1. The molecule has 3 aromatic carbocycles. The fourth-order valence-electron chi connectivity index (χ4n) is 12.0. The number of ketones is 1. The molecule has 12 rings (SSSR count). The number of rotatable bonds is 11. The van der Waals surface area contributed by atoms with Crippen LogP contribution in [0.5, 0.6) is 0 Å². The number of piperidine rings is 2. The van der Waals surface area contributed by atoms with Crippen LogP contribution in [0.15, 0.2) is 72.5 Å². The summed E-state index contributed by atoms with van der Waals surface area (Å²) in [4.78, 5) is 83.4. The molecule has 1 spiro atoms. The number of likely N-dealkylation sites (tertiary alicyclic amines) is 2. The molecule has 4 saturated heterocycles. The van der Waals surface area contributed by atoms with Crippen molar-refractivity contribution in [3.63, 3.8) is 0 Å². The van der Waals surface area contributed by atoms with Crippen LogP contribution < -0.4 is 15.1 Å². The van der Waals surface area contributed by atoms with E-state index in [2.05, 4.69) is 25.3 Å². The molecule has 1 N–H and O–H groups in total. The molecule has 4 fully saturated rings. The van der Waals surface area contributed by atoms with E-state index >= 15 is 13.2 Å². The maximum absolute atomic E-state index is 16.0. The Bertz CT molecular complexity index is 3180. The van der Waals surface area contributed by atoms with Crippen molar-refractivity contribution in [2.45, 2.75) is 75.9 Å². The highest BCUT2D eigenvalue weighted by Gasteiger charge is 2.48. The third kappa shape index (κ3) is 8.11. The van der Waals surface area contributed by atoms with Gasteiger partial charge in [-0.3, -0.25) is 39.0 Å². The Kier molecular flexibility index (Phi) is 11.3. The van der Waals surface area contributed by atoms with E-state index in [1.165, 1.54) is 27.2 Å². The second kappa shape index (κ2) is 17.7. The lowest BCUT2D eigenvalue weighted by Crippen LogP contribution is -2.61. The van der Waals surface area contributed by atoms with Crippen LogP contribution in [0.2, 0.25) is 0 Å². The van der Waals surface area contributed by atoms with Gasteiger partial charge in [0.15, 0.2) is 11.6 Å². The van der Waals surface area contributed by atoms with Gasteiger partial charge >= 0.3 is 6.03 Å². The number of aromatic nitrogens is 5. The van der Waals surface area contributed by atoms with Crippen molar-refractivity contribution in [2.24, 2.45) is 12.5 Å². The number of amides is 5. The quantitative estimate of drug-likeness (QED) is 0.152. The minimum atomic E-state index is -3.09. The predicted octanol–water partition coefficient (Wildman–Crippen LogP) is 6.49. The van der Waals surface area contributed by atoms with Crippen molar-refractivity contribution >= 4 is 63.3 Å². The van der Waals surface area contributed by atoms with E-state index in [1.54, 1.807) is 53.4 Å². The van der Waals surface area contributed by atoms with Gasteiger partial charge in [-0.15, -0.1) is 11.3 Å². The number of carbonyl (C=O) groups excluding carboxylic acids is 5. The van der Waals surface area contributed by atoms with Gasteiger partial charge in [0, 0.05) is 97.6 Å². The van der Waals surface area contributed by atoms with Crippen molar-refractivity contribution in [1.82, 2.24) is 44.3 Å². The van der Waals surface area contributed by atoms with Crippen LogP contribution in [-0.4, -0.2) is 127 Å². The Morgan fingerprint density at radius 3 is 2.47 bits per heavy atom. The molecule has 0 radical (unpaired) electrons. The summed E-state index contributed by atoms with van der Waals surface area (Å²) in [5, 5.41) is 9.87. The minimum absolute atomic E-state index is 0.0359. The molecular formula is C52H52F3N11O5S. The maximum Gasteiger partial charge on any atom is 0.329 e. The summed E-state index contributed by atoms with van der Waals surface area (Å²) < 4.78 is 51.5. The maximum atomic E-state index is 16.0. The van der Waals surface area contributed by atoms with Crippen molar-refractivity contribution in [3.8, 4) is 11.1 Å². The zero-order valence-corrected chi connectivity index (χ0v) is 40.5. The van der Waals surface area contributed by atoms with Crippen molar-refractivity contribution in [1.29, 1.82) is 0 Å². The summed E-state index contributed by atoms with van der Waals surface area (Å²) in [5.74, 6) is -5.38. The Labute approximate surface area is 416 Å². The number of thiazole rings is 1. The van der Waals surface area contributed by atoms with Crippen LogP contribution in [-0.2, 0) is 47.4 Å². The fraction of sp³-hybridized carbons (Fsp3) is 0.423. The smallest absolute Gasteiger partial charge is 0.329 e. The molecule has 0 saturated carbocycles. The van der Waals surface area contributed by atoms with Crippen LogP contribution in [0, 0.1) is 11.2 Å². The van der Waals surface area contributed by atoms with Gasteiger partial charge in [0.25, 0.3) is 11.8 Å². The third-order valence-corrected chi connectivity index (χ3v) is 16.7. The highest BCUT2D eigenvalue weighted by Crippen LogP contribution is 2.45. The van der Waals surface area contributed by atoms with Crippen LogP contribution >= 0.6 is 11.3 Å². The van der Waals surface area contributed by atoms with Crippen LogP contribution in [0.1, 0.15) is 81.9 Å². The molecule has 9 heterocycles. The molecule has 6 aliphatic rings. The molecule has 0 aliphatic carbocycles. The number of Topliss-reactive ketones (excluding diaryl/α,β-unsaturated/α-hetero) is 1. The third-order valence-electron chi connectivity index (χ3n) is 15.9. The molecule has 6 aliphatic heterocycles. The number of hydrogen-bond donors (Lipinski definition) is 1. The Morgan fingerprint density at radius 1 is 0.917 bits per heavy atom. The monoisotopic (exact) mass is 999 g/mol. The molecule has 6 aromatic rings. The average molecular weight is 1000 g/mol. The first-order chi connectivity index (χ1) is 34.7. The molecule has 372 valence electrons. The average Bonchev–Trinajstić information content (AvgIpc) is 4.21. The summed E-state index contributed by atoms with van der Waals surface area (Å²) in [6.07, 6.45) is 7.03. The Balaban J connectivity index is 0.644. The number of imidazole rings is 1. The largest absolute Gasteiger partial charge is 0.370 e. The van der Waals surface area contributed by atoms with Crippen molar-refractivity contribution in [2.75, 3.05) is 62.2 Å². The van der Waals surface area contributed by atoms with E-state index < -0.39 is 42.2 Å². The lowest BCUT2D eigenvalue weighted by atomic mass is 9.71. The zero-order chi connectivity index (χ0) is 49.6. The van der Waals surface area contributed by atoms with Crippen molar-refractivity contribution < 1.29 is 37.1 Å². The van der Waals surface area contributed by atoms with Gasteiger partial charge in [-0.2, -0.15) is 5.10 Å². The number of alkyl halides is 2. The molecule has 2 atom stereocenters. The molecule has 20 heteroatoms. The first kappa shape index (κ1) is 46.2. The number of nitrogens with one attached hydrogen (secondary N) is 1. The Morgan fingerprint density at radius 2 is 1.72 bits per heavy atom. The van der Waals surface area contributed by atoms with Gasteiger partial charge in [0.2, 0.25) is 11.8 Å². The molecule has 1 unspecified atom stereocenters. The van der Waals surface area contributed by atoms with Gasteiger partial charge in [-0.25, -0.2) is 27.9 Å². The molecule has 0 bridgehead atoms. The highest BCUT2D eigenvalue weighted by atomic mass is 32.1. The number of carbonyl (C=O) groups is 5. The summed E-state index contributed by atoms with van der Waals surface area (Å²) >= 11 is 1.38. The van der Waals surface area contributed by atoms with Gasteiger partial charge in [-0.05, 0) is 91.7 Å². The van der Waals surface area contributed by atoms with Gasteiger partial charge in [0.05, 0.1) is 54.5 Å². The minimum Gasteiger partial charge on any atom is -0.370 e. The van der Waals surface area contributed by atoms with Crippen molar-refractivity contribution in [3.05, 3.63) is 111 Å². The molecule has 16 nitrogen and oxygen atoms in total. The summed E-state index contributed by atoms with van der Waals surface area (Å²) in [7, 11) is 1.69. The lowest BCUT2D eigenvalue weighted by molar-refractivity contribution is -0.138. The second-order valence-corrected chi connectivity index (χ2v) is 21.3. The topological polar surface area (TPSA) is 162 Å². The van der Waals surface area contributed by atoms with E-state index in [-0.39, 0.29) is 73.0 Å². The summed E-state index contributed by atoms with van der Waals surface area (Å²) in [5.41, 5.74) is 5.45. The zero-order valence-electron chi connectivity index (χ0n) is 39.7. The van der Waals surface area contributed by atoms with E-state index in [4.69, 9.17) is 0 Å². The second-order valence-electron chi connectivity index (χ2n) is 20.3. The number of hydrogen-bond acceptors (Lipinski definition) is 11. The number of halogens is 3. The van der Waals surface area contributed by atoms with Gasteiger partial charge in [0.1, 0.15) is 11.9 Å². The first-order valence-electron chi connectivity index (χ1n) is 24.6. The lowest BCUT2D eigenvalue weighted by Gasteiger charge is -2.55. The summed E-state index contributed by atoms with van der Waals surface area (Å²) in [6, 6.07) is 14.6. The molecule has 72 heavy (non-hydrogen) atoms. The van der Waals surface area contributed by atoms with Gasteiger partial charge in [-0.1, -0.05) is 18.2 Å². The number of aryl methyl sites for hydroxylation is 2. The van der Waals surface area contributed by atoms with Crippen LogP contribution in [0.25, 0.3) is 22.0 Å². The number of fused-ring (bicyclic) bond motifs is 3. The fourth-order valence-corrected chi connectivity index (χ4v) is 12.6. The molecule has 3 aromatic heterocycles. The molecule has 5 amide bonds. The van der Waals surface area contributed by atoms with Gasteiger partial charge < -0.3 is 19.3 Å². The predicted molar refractivity (Wildman–Crippen MR) is 261 cm³/mol. The number of nitrogens with zero attached hydrogens (tertiary/aromatic N) is 10. The number of urea groups is 1. The van der Waals surface area contributed by atoms with E-state index in [0.29, 0.717) is 58.2 Å². The van der Waals surface area contributed by atoms with Crippen LogP contribution in [0.3, 0.4) is 0 Å². The number of anilines is 2. The van der Waals surface area contributed by atoms with E-state index in [9.17, 15) is 24.0 Å². The number of imide groups is 1.